The first-order valence-corrected chi connectivity index (χ1v) is 8.05. The summed E-state index contributed by atoms with van der Waals surface area (Å²) in [5.41, 5.74) is 6.75. The Balaban J connectivity index is 1.86. The minimum Gasteiger partial charge on any atom is -0.497 e. The normalized spacial score (nSPS) is 16.7. The summed E-state index contributed by atoms with van der Waals surface area (Å²) in [6, 6.07) is 11.0. The lowest BCUT2D eigenvalue weighted by molar-refractivity contribution is -0.121. The van der Waals surface area contributed by atoms with Crippen LogP contribution in [0.2, 0.25) is 0 Å². The topological polar surface area (TPSA) is 72.6 Å². The number of rotatable bonds is 4. The van der Waals surface area contributed by atoms with Gasteiger partial charge in [-0.1, -0.05) is 18.2 Å². The molecule has 25 heavy (non-hydrogen) atoms. The molecule has 2 aromatic rings. The quantitative estimate of drug-likeness (QED) is 0.928. The van der Waals surface area contributed by atoms with Gasteiger partial charge in [0.25, 0.3) is 5.91 Å². The van der Waals surface area contributed by atoms with Gasteiger partial charge in [-0.15, -0.1) is 0 Å². The Morgan fingerprint density at radius 1 is 1.16 bits per heavy atom. The molecule has 6 heteroatoms. The summed E-state index contributed by atoms with van der Waals surface area (Å²) >= 11 is 0. The van der Waals surface area contributed by atoms with Crippen molar-refractivity contribution >= 4 is 11.8 Å². The lowest BCUT2D eigenvalue weighted by Gasteiger charge is -2.22. The zero-order valence-electron chi connectivity index (χ0n) is 13.9. The number of amides is 2. The van der Waals surface area contributed by atoms with Gasteiger partial charge in [0.1, 0.15) is 17.6 Å². The summed E-state index contributed by atoms with van der Waals surface area (Å²) in [7, 11) is 1.58. The summed E-state index contributed by atoms with van der Waals surface area (Å²) < 4.78 is 19.6. The first kappa shape index (κ1) is 17.0. The third-order valence-electron chi connectivity index (χ3n) is 4.46. The van der Waals surface area contributed by atoms with Gasteiger partial charge in [0.2, 0.25) is 5.91 Å². The summed E-state index contributed by atoms with van der Waals surface area (Å²) in [5, 5.41) is 0. The van der Waals surface area contributed by atoms with Crippen LogP contribution in [-0.2, 0) is 4.79 Å². The predicted molar refractivity (Wildman–Crippen MR) is 91.6 cm³/mol. The molecule has 1 saturated heterocycles. The Hall–Kier alpha value is -2.89. The smallest absolute Gasteiger partial charge is 0.257 e. The third-order valence-corrected chi connectivity index (χ3v) is 4.46. The molecular formula is C19H19FN2O3. The van der Waals surface area contributed by atoms with Gasteiger partial charge in [-0.3, -0.25) is 9.59 Å². The number of ether oxygens (including phenoxy) is 1. The highest BCUT2D eigenvalue weighted by molar-refractivity contribution is 5.98. The fraction of sp³-hybridized carbons (Fsp3) is 0.263. The van der Waals surface area contributed by atoms with Crippen LogP contribution in [0.5, 0.6) is 5.75 Å². The Morgan fingerprint density at radius 3 is 2.44 bits per heavy atom. The van der Waals surface area contributed by atoms with Gasteiger partial charge < -0.3 is 15.4 Å². The van der Waals surface area contributed by atoms with E-state index in [1.165, 1.54) is 17.0 Å². The van der Waals surface area contributed by atoms with Crippen molar-refractivity contribution in [3.05, 3.63) is 53.8 Å². The van der Waals surface area contributed by atoms with Gasteiger partial charge in [0, 0.05) is 6.54 Å². The standard InChI is InChI=1S/C19H19FN2O3/c1-25-14-7-4-12(5-8-14)13-6-9-15(16(20)11-13)19(24)22-10-2-3-17(22)18(21)23/h4-9,11,17H,2-3,10H2,1H3,(H2,21,23)/t17-/m1/s1. The average Bonchev–Trinajstić information content (AvgIpc) is 3.11. The maximum Gasteiger partial charge on any atom is 0.257 e. The average molecular weight is 342 g/mol. The highest BCUT2D eigenvalue weighted by atomic mass is 19.1. The summed E-state index contributed by atoms with van der Waals surface area (Å²) in [6.07, 6.45) is 1.21. The van der Waals surface area contributed by atoms with Crippen molar-refractivity contribution in [1.29, 1.82) is 0 Å². The van der Waals surface area contributed by atoms with E-state index in [-0.39, 0.29) is 5.56 Å². The van der Waals surface area contributed by atoms with E-state index in [2.05, 4.69) is 0 Å². The lowest BCUT2D eigenvalue weighted by atomic mass is 10.0. The molecule has 1 atom stereocenters. The second kappa shape index (κ2) is 6.93. The number of methoxy groups -OCH3 is 1. The number of hydrogen-bond acceptors (Lipinski definition) is 3. The zero-order chi connectivity index (χ0) is 18.0. The number of nitrogens with two attached hydrogens (primary N) is 1. The van der Waals surface area contributed by atoms with Gasteiger partial charge in [-0.25, -0.2) is 4.39 Å². The van der Waals surface area contributed by atoms with Crippen molar-refractivity contribution in [1.82, 2.24) is 4.90 Å². The van der Waals surface area contributed by atoms with Crippen LogP contribution < -0.4 is 10.5 Å². The summed E-state index contributed by atoms with van der Waals surface area (Å²) in [4.78, 5) is 25.4. The maximum atomic E-state index is 14.5. The van der Waals surface area contributed by atoms with Gasteiger partial charge in [0.15, 0.2) is 0 Å². The van der Waals surface area contributed by atoms with E-state index in [9.17, 15) is 14.0 Å². The van der Waals surface area contributed by atoms with E-state index in [4.69, 9.17) is 10.5 Å². The largest absolute Gasteiger partial charge is 0.497 e. The number of carbonyl (C=O) groups is 2. The molecule has 1 aliphatic rings. The van der Waals surface area contributed by atoms with Crippen LogP contribution in [0.3, 0.4) is 0 Å². The van der Waals surface area contributed by atoms with E-state index >= 15 is 0 Å². The maximum absolute atomic E-state index is 14.5. The van der Waals surface area contributed by atoms with Crippen LogP contribution in [-0.4, -0.2) is 36.4 Å². The summed E-state index contributed by atoms with van der Waals surface area (Å²) in [5.74, 6) is -0.961. The van der Waals surface area contributed by atoms with E-state index in [0.717, 1.165) is 5.56 Å². The molecule has 5 nitrogen and oxygen atoms in total. The molecule has 130 valence electrons. The monoisotopic (exact) mass is 342 g/mol. The molecule has 2 N–H and O–H groups in total. The number of likely N-dealkylation sites (tertiary alicyclic amines) is 1. The lowest BCUT2D eigenvalue weighted by Crippen LogP contribution is -2.43. The minimum atomic E-state index is -0.659. The van der Waals surface area contributed by atoms with Crippen molar-refractivity contribution in [3.8, 4) is 16.9 Å². The molecule has 0 spiro atoms. The fourth-order valence-corrected chi connectivity index (χ4v) is 3.11. The van der Waals surface area contributed by atoms with Gasteiger partial charge in [-0.2, -0.15) is 0 Å². The second-order valence-electron chi connectivity index (χ2n) is 5.98. The number of benzene rings is 2. The molecule has 1 aliphatic heterocycles. The van der Waals surface area contributed by atoms with E-state index in [0.29, 0.717) is 30.7 Å². The molecule has 0 unspecified atom stereocenters. The highest BCUT2D eigenvalue weighted by Crippen LogP contribution is 2.26. The van der Waals surface area contributed by atoms with Crippen molar-refractivity contribution in [3.63, 3.8) is 0 Å². The number of halogens is 1. The molecule has 0 radical (unpaired) electrons. The SMILES string of the molecule is COc1ccc(-c2ccc(C(=O)N3CCC[C@@H]3C(N)=O)c(F)c2)cc1. The van der Waals surface area contributed by atoms with E-state index in [1.807, 2.05) is 12.1 Å². The van der Waals surface area contributed by atoms with Crippen LogP contribution >= 0.6 is 0 Å². The van der Waals surface area contributed by atoms with Crippen molar-refractivity contribution in [2.45, 2.75) is 18.9 Å². The number of nitrogens with zero attached hydrogens (tertiary/aromatic N) is 1. The molecule has 2 aromatic carbocycles. The van der Waals surface area contributed by atoms with Crippen LogP contribution in [0.15, 0.2) is 42.5 Å². The molecule has 1 fully saturated rings. The van der Waals surface area contributed by atoms with E-state index in [1.54, 1.807) is 25.3 Å². The Labute approximate surface area is 145 Å². The molecular weight excluding hydrogens is 323 g/mol. The van der Waals surface area contributed by atoms with Crippen molar-refractivity contribution in [2.75, 3.05) is 13.7 Å². The van der Waals surface area contributed by atoms with Crippen LogP contribution in [0.4, 0.5) is 4.39 Å². The van der Waals surface area contributed by atoms with Gasteiger partial charge in [0.05, 0.1) is 12.7 Å². The second-order valence-corrected chi connectivity index (χ2v) is 5.98. The van der Waals surface area contributed by atoms with E-state index < -0.39 is 23.7 Å². The number of hydrogen-bond donors (Lipinski definition) is 1. The first-order valence-electron chi connectivity index (χ1n) is 8.05. The van der Waals surface area contributed by atoms with Crippen LogP contribution in [0.1, 0.15) is 23.2 Å². The minimum absolute atomic E-state index is 0.0505. The zero-order valence-corrected chi connectivity index (χ0v) is 13.9. The van der Waals surface area contributed by atoms with Gasteiger partial charge in [-0.05, 0) is 48.2 Å². The Morgan fingerprint density at radius 2 is 1.84 bits per heavy atom. The van der Waals surface area contributed by atoms with Crippen LogP contribution in [0.25, 0.3) is 11.1 Å². The molecule has 0 aliphatic carbocycles. The molecule has 3 rings (SSSR count). The third kappa shape index (κ3) is 3.33. The molecule has 1 heterocycles. The molecule has 0 bridgehead atoms. The first-order chi connectivity index (χ1) is 12.0. The Bertz CT molecular complexity index is 805. The van der Waals surface area contributed by atoms with Crippen LogP contribution in [0, 0.1) is 5.82 Å². The predicted octanol–water partition coefficient (Wildman–Crippen LogP) is 2.59. The highest BCUT2D eigenvalue weighted by Gasteiger charge is 2.34. The molecule has 0 aromatic heterocycles. The fourth-order valence-electron chi connectivity index (χ4n) is 3.11. The molecule has 0 saturated carbocycles. The summed E-state index contributed by atoms with van der Waals surface area (Å²) in [6.45, 7) is 0.409. The number of primary amides is 1. The van der Waals surface area contributed by atoms with Gasteiger partial charge >= 0.3 is 0 Å². The van der Waals surface area contributed by atoms with Crippen molar-refractivity contribution in [2.24, 2.45) is 5.73 Å². The Kier molecular flexibility index (Phi) is 4.70. The van der Waals surface area contributed by atoms with Crippen molar-refractivity contribution < 1.29 is 18.7 Å². The molecule has 2 amide bonds. The number of carbonyl (C=O) groups excluding carboxylic acids is 2.